The van der Waals surface area contributed by atoms with Crippen LogP contribution >= 0.6 is 11.3 Å². The van der Waals surface area contributed by atoms with E-state index in [0.29, 0.717) is 24.3 Å². The smallest absolute Gasteiger partial charge is 0.256 e. The van der Waals surface area contributed by atoms with Crippen molar-refractivity contribution in [2.75, 3.05) is 31.1 Å². The predicted octanol–water partition coefficient (Wildman–Crippen LogP) is 3.72. The number of pyridine rings is 2. The number of anilines is 1. The van der Waals surface area contributed by atoms with Crippen LogP contribution in [-0.2, 0) is 0 Å². The van der Waals surface area contributed by atoms with E-state index in [0.717, 1.165) is 34.1 Å². The number of hydrogen-bond donors (Lipinski definition) is 0. The van der Waals surface area contributed by atoms with Gasteiger partial charge in [-0.2, -0.15) is 0 Å². The van der Waals surface area contributed by atoms with Crippen LogP contribution in [0.5, 0.6) is 0 Å². The Morgan fingerprint density at radius 2 is 1.66 bits per heavy atom. The largest absolute Gasteiger partial charge is 0.353 e. The molecule has 1 amide bonds. The monoisotopic (exact) mass is 401 g/mol. The van der Waals surface area contributed by atoms with E-state index in [1.165, 1.54) is 0 Å². The van der Waals surface area contributed by atoms with Crippen LogP contribution in [0.15, 0.2) is 67.0 Å². The molecule has 0 N–H and O–H groups in total. The van der Waals surface area contributed by atoms with E-state index in [9.17, 15) is 4.79 Å². The number of carbonyl (C=O) groups excluding carboxylic acids is 1. The Morgan fingerprint density at radius 3 is 2.45 bits per heavy atom. The number of fused-ring (bicyclic) bond motifs is 1. The molecular weight excluding hydrogens is 382 g/mol. The number of para-hydroxylation sites is 1. The van der Waals surface area contributed by atoms with Gasteiger partial charge in [0.05, 0.1) is 15.8 Å². The first-order valence-electron chi connectivity index (χ1n) is 9.56. The second kappa shape index (κ2) is 7.60. The molecule has 0 aliphatic carbocycles. The second-order valence-corrected chi connectivity index (χ2v) is 7.88. The van der Waals surface area contributed by atoms with Gasteiger partial charge in [-0.3, -0.25) is 9.78 Å². The van der Waals surface area contributed by atoms with E-state index >= 15 is 0 Å². The molecule has 4 heterocycles. The van der Waals surface area contributed by atoms with Crippen LogP contribution in [0.4, 0.5) is 5.82 Å². The fraction of sp³-hybridized carbons (Fsp3) is 0.182. The van der Waals surface area contributed by atoms with Crippen LogP contribution in [0.1, 0.15) is 10.4 Å². The molecule has 0 atom stereocenters. The van der Waals surface area contributed by atoms with Gasteiger partial charge >= 0.3 is 0 Å². The minimum atomic E-state index is 0.00743. The Bertz CT molecular complexity index is 1120. The van der Waals surface area contributed by atoms with Gasteiger partial charge in [-0.05, 0) is 36.4 Å². The van der Waals surface area contributed by atoms with E-state index < -0.39 is 0 Å². The molecular formula is C22H19N5OS. The molecule has 1 saturated heterocycles. The molecule has 0 bridgehead atoms. The lowest BCUT2D eigenvalue weighted by molar-refractivity contribution is 0.0747. The number of hydrogen-bond acceptors (Lipinski definition) is 6. The number of rotatable bonds is 3. The summed E-state index contributed by atoms with van der Waals surface area (Å²) in [5.41, 5.74) is 2.20. The Morgan fingerprint density at radius 1 is 0.862 bits per heavy atom. The van der Waals surface area contributed by atoms with Crippen LogP contribution in [0, 0.1) is 0 Å². The van der Waals surface area contributed by atoms with E-state index in [1.54, 1.807) is 23.7 Å². The maximum atomic E-state index is 13.3. The summed E-state index contributed by atoms with van der Waals surface area (Å²) in [6, 6.07) is 17.6. The molecule has 0 radical (unpaired) electrons. The van der Waals surface area contributed by atoms with Crippen LogP contribution in [0.25, 0.3) is 20.9 Å². The highest BCUT2D eigenvalue weighted by Gasteiger charge is 2.26. The zero-order valence-electron chi connectivity index (χ0n) is 15.7. The van der Waals surface area contributed by atoms with Crippen molar-refractivity contribution in [3.05, 3.63) is 72.6 Å². The first-order chi connectivity index (χ1) is 14.3. The summed E-state index contributed by atoms with van der Waals surface area (Å²) in [7, 11) is 0. The zero-order valence-corrected chi connectivity index (χ0v) is 16.5. The Labute approximate surface area is 172 Å². The molecule has 7 heteroatoms. The van der Waals surface area contributed by atoms with Gasteiger partial charge in [0.15, 0.2) is 0 Å². The standard InChI is InChI=1S/C22H19N5OS/c28-22(27-14-12-26(13-15-27)19-9-3-4-10-23-19)16-6-5-11-24-20(16)21-25-17-7-1-2-8-18(17)29-21/h1-11H,12-15H2. The van der Waals surface area contributed by atoms with Gasteiger partial charge in [-0.15, -0.1) is 11.3 Å². The summed E-state index contributed by atoms with van der Waals surface area (Å²) >= 11 is 1.57. The number of aromatic nitrogens is 3. The molecule has 1 aromatic carbocycles. The maximum absolute atomic E-state index is 13.3. The molecule has 3 aromatic heterocycles. The molecule has 1 fully saturated rings. The zero-order chi connectivity index (χ0) is 19.6. The number of benzene rings is 1. The second-order valence-electron chi connectivity index (χ2n) is 6.85. The van der Waals surface area contributed by atoms with Gasteiger partial charge in [0, 0.05) is 38.6 Å². The molecule has 6 nitrogen and oxygen atoms in total. The number of thiazole rings is 1. The van der Waals surface area contributed by atoms with Crippen molar-refractivity contribution >= 4 is 33.3 Å². The van der Waals surface area contributed by atoms with Crippen molar-refractivity contribution in [2.45, 2.75) is 0 Å². The number of piperazine rings is 1. The number of nitrogens with zero attached hydrogens (tertiary/aromatic N) is 5. The first-order valence-corrected chi connectivity index (χ1v) is 10.4. The van der Waals surface area contributed by atoms with Gasteiger partial charge < -0.3 is 9.80 Å². The average molecular weight is 401 g/mol. The normalized spacial score (nSPS) is 14.3. The molecule has 0 spiro atoms. The van der Waals surface area contributed by atoms with Crippen molar-refractivity contribution in [3.63, 3.8) is 0 Å². The Balaban J connectivity index is 1.38. The lowest BCUT2D eigenvalue weighted by Crippen LogP contribution is -2.49. The summed E-state index contributed by atoms with van der Waals surface area (Å²) in [4.78, 5) is 31.0. The van der Waals surface area contributed by atoms with Crippen molar-refractivity contribution < 1.29 is 4.79 Å². The third-order valence-electron chi connectivity index (χ3n) is 5.07. The first kappa shape index (κ1) is 17.8. The van der Waals surface area contributed by atoms with Gasteiger partial charge in [0.25, 0.3) is 5.91 Å². The average Bonchev–Trinajstić information content (AvgIpc) is 3.23. The minimum absolute atomic E-state index is 0.00743. The molecule has 1 aliphatic rings. The molecule has 0 saturated carbocycles. The summed E-state index contributed by atoms with van der Waals surface area (Å²) in [5.74, 6) is 0.962. The van der Waals surface area contributed by atoms with Gasteiger partial charge in [-0.1, -0.05) is 18.2 Å². The third-order valence-corrected chi connectivity index (χ3v) is 6.12. The van der Waals surface area contributed by atoms with E-state index in [2.05, 4.69) is 14.9 Å². The third kappa shape index (κ3) is 3.45. The predicted molar refractivity (Wildman–Crippen MR) is 115 cm³/mol. The lowest BCUT2D eigenvalue weighted by atomic mass is 10.1. The van der Waals surface area contributed by atoms with E-state index in [4.69, 9.17) is 4.98 Å². The number of carbonyl (C=O) groups is 1. The highest BCUT2D eigenvalue weighted by atomic mass is 32.1. The summed E-state index contributed by atoms with van der Waals surface area (Å²) in [6.07, 6.45) is 3.52. The highest BCUT2D eigenvalue weighted by molar-refractivity contribution is 7.21. The van der Waals surface area contributed by atoms with Crippen molar-refractivity contribution in [2.24, 2.45) is 0 Å². The van der Waals surface area contributed by atoms with Crippen molar-refractivity contribution in [1.82, 2.24) is 19.9 Å². The summed E-state index contributed by atoms with van der Waals surface area (Å²) in [6.45, 7) is 2.84. The van der Waals surface area contributed by atoms with Gasteiger partial charge in [-0.25, -0.2) is 9.97 Å². The maximum Gasteiger partial charge on any atom is 0.256 e. The van der Waals surface area contributed by atoms with Crippen LogP contribution in [0.2, 0.25) is 0 Å². The Hall–Kier alpha value is -3.32. The Kier molecular flexibility index (Phi) is 4.65. The number of amides is 1. The minimum Gasteiger partial charge on any atom is -0.353 e. The highest BCUT2D eigenvalue weighted by Crippen LogP contribution is 2.31. The summed E-state index contributed by atoms with van der Waals surface area (Å²) < 4.78 is 1.09. The van der Waals surface area contributed by atoms with Crippen LogP contribution in [0.3, 0.4) is 0 Å². The topological polar surface area (TPSA) is 62.2 Å². The summed E-state index contributed by atoms with van der Waals surface area (Å²) in [5, 5.41) is 0.780. The fourth-order valence-electron chi connectivity index (χ4n) is 3.57. The van der Waals surface area contributed by atoms with E-state index in [1.807, 2.05) is 59.5 Å². The SMILES string of the molecule is O=C(c1cccnc1-c1nc2ccccc2s1)N1CCN(c2ccccn2)CC1. The quantitative estimate of drug-likeness (QED) is 0.524. The van der Waals surface area contributed by atoms with Crippen LogP contribution < -0.4 is 4.90 Å². The molecule has 144 valence electrons. The fourth-order valence-corrected chi connectivity index (χ4v) is 4.55. The van der Waals surface area contributed by atoms with Crippen molar-refractivity contribution in [1.29, 1.82) is 0 Å². The van der Waals surface area contributed by atoms with E-state index in [-0.39, 0.29) is 5.91 Å². The lowest BCUT2D eigenvalue weighted by Gasteiger charge is -2.35. The molecule has 4 aromatic rings. The van der Waals surface area contributed by atoms with Crippen molar-refractivity contribution in [3.8, 4) is 10.7 Å². The molecule has 1 aliphatic heterocycles. The van der Waals surface area contributed by atoms with Gasteiger partial charge in [0.2, 0.25) is 0 Å². The van der Waals surface area contributed by atoms with Gasteiger partial charge in [0.1, 0.15) is 16.5 Å². The molecule has 5 rings (SSSR count). The molecule has 0 unspecified atom stereocenters. The molecule has 29 heavy (non-hydrogen) atoms. The van der Waals surface area contributed by atoms with Crippen LogP contribution in [-0.4, -0.2) is 51.9 Å².